The first-order valence-electron chi connectivity index (χ1n) is 11.7. The van der Waals surface area contributed by atoms with E-state index in [2.05, 4.69) is 9.88 Å². The molecule has 0 bridgehead atoms. The number of carboxylic acid groups (broad SMARTS) is 1. The third-order valence-electron chi connectivity index (χ3n) is 6.97. The number of aromatic nitrogens is 2. The van der Waals surface area contributed by atoms with Gasteiger partial charge < -0.3 is 19.5 Å². The second kappa shape index (κ2) is 8.44. The molecule has 6 rings (SSSR count). The molecule has 1 aliphatic carbocycles. The Kier molecular flexibility index (Phi) is 5.33. The van der Waals surface area contributed by atoms with Crippen LogP contribution in [0.3, 0.4) is 0 Å². The van der Waals surface area contributed by atoms with Crippen molar-refractivity contribution in [2.45, 2.75) is 18.9 Å². The van der Waals surface area contributed by atoms with Gasteiger partial charge >= 0.3 is 5.97 Å². The Balaban J connectivity index is 1.37. The summed E-state index contributed by atoms with van der Waals surface area (Å²) in [4.78, 5) is 32.5. The number of carboxylic acids is 1. The molecule has 3 heterocycles. The fraction of sp³-hybridized carbons (Fsp3) is 0.269. The normalized spacial score (nSPS) is 16.2. The standard InChI is InChI=1S/C26H21ClF2N4O3/c27-14-1-4-16-20(11-14)30-6-5-21(16)31-7-9-32(10-8-31)24-19(28)12-17-23(22(24)29)33(15-2-3-15)13-18(25(17)34)26(35)36/h1,4-6,11-13,15H,2-3,7-10H2,(H,35,36). The highest BCUT2D eigenvalue weighted by atomic mass is 35.5. The van der Waals surface area contributed by atoms with Gasteiger partial charge in [0.1, 0.15) is 17.1 Å². The minimum absolute atomic E-state index is 0.0386. The first kappa shape index (κ1) is 22.7. The van der Waals surface area contributed by atoms with Gasteiger partial charge in [-0.25, -0.2) is 13.6 Å². The van der Waals surface area contributed by atoms with Crippen LogP contribution in [0.25, 0.3) is 21.8 Å². The third-order valence-corrected chi connectivity index (χ3v) is 7.21. The lowest BCUT2D eigenvalue weighted by atomic mass is 10.1. The average Bonchev–Trinajstić information content (AvgIpc) is 3.70. The lowest BCUT2D eigenvalue weighted by Crippen LogP contribution is -2.47. The highest BCUT2D eigenvalue weighted by Gasteiger charge is 2.32. The van der Waals surface area contributed by atoms with Crippen LogP contribution in [0, 0.1) is 11.6 Å². The van der Waals surface area contributed by atoms with Gasteiger partial charge in [0.05, 0.1) is 16.4 Å². The molecule has 2 fully saturated rings. The molecule has 7 nitrogen and oxygen atoms in total. The summed E-state index contributed by atoms with van der Waals surface area (Å²) in [6.45, 7) is 1.76. The fourth-order valence-corrected chi connectivity index (χ4v) is 5.23. The van der Waals surface area contributed by atoms with E-state index in [1.54, 1.807) is 23.2 Å². The topological polar surface area (TPSA) is 78.7 Å². The largest absolute Gasteiger partial charge is 0.477 e. The number of benzene rings is 2. The number of hydrogen-bond donors (Lipinski definition) is 1. The summed E-state index contributed by atoms with van der Waals surface area (Å²) in [5.41, 5.74) is 0.148. The number of anilines is 2. The molecule has 10 heteroatoms. The molecule has 0 radical (unpaired) electrons. The quantitative estimate of drug-likeness (QED) is 0.423. The molecule has 0 unspecified atom stereocenters. The molecule has 184 valence electrons. The van der Waals surface area contributed by atoms with Crippen molar-refractivity contribution >= 4 is 50.8 Å². The molecular formula is C26H21ClF2N4O3. The first-order valence-corrected chi connectivity index (χ1v) is 12.1. The highest BCUT2D eigenvalue weighted by Crippen LogP contribution is 2.40. The third kappa shape index (κ3) is 3.65. The van der Waals surface area contributed by atoms with E-state index in [-0.39, 0.29) is 22.6 Å². The predicted molar refractivity (Wildman–Crippen MR) is 135 cm³/mol. The Hall–Kier alpha value is -3.72. The van der Waals surface area contributed by atoms with Gasteiger partial charge in [0.15, 0.2) is 5.82 Å². The van der Waals surface area contributed by atoms with Crippen molar-refractivity contribution in [2.24, 2.45) is 0 Å². The second-order valence-corrected chi connectivity index (χ2v) is 9.63. The van der Waals surface area contributed by atoms with Crippen molar-refractivity contribution in [1.29, 1.82) is 0 Å². The molecule has 0 spiro atoms. The van der Waals surface area contributed by atoms with Crippen molar-refractivity contribution in [3.63, 3.8) is 0 Å². The van der Waals surface area contributed by atoms with Crippen LogP contribution in [0.4, 0.5) is 20.2 Å². The molecule has 1 saturated carbocycles. The number of pyridine rings is 2. The van der Waals surface area contributed by atoms with Gasteiger partial charge in [0.2, 0.25) is 5.43 Å². The zero-order chi connectivity index (χ0) is 25.1. The van der Waals surface area contributed by atoms with Gasteiger partial charge in [-0.1, -0.05) is 11.6 Å². The van der Waals surface area contributed by atoms with Crippen molar-refractivity contribution in [1.82, 2.24) is 9.55 Å². The maximum absolute atomic E-state index is 15.9. The molecule has 1 aliphatic heterocycles. The Labute approximate surface area is 209 Å². The zero-order valence-electron chi connectivity index (χ0n) is 19.0. The summed E-state index contributed by atoms with van der Waals surface area (Å²) in [5, 5.41) is 10.7. The smallest absolute Gasteiger partial charge is 0.341 e. The lowest BCUT2D eigenvalue weighted by molar-refractivity contribution is 0.0694. The van der Waals surface area contributed by atoms with E-state index >= 15 is 8.78 Å². The number of nitrogens with zero attached hydrogens (tertiary/aromatic N) is 4. The van der Waals surface area contributed by atoms with Crippen LogP contribution in [-0.2, 0) is 0 Å². The molecule has 2 aliphatic rings. The van der Waals surface area contributed by atoms with E-state index in [1.165, 1.54) is 10.8 Å². The van der Waals surface area contributed by atoms with Gasteiger partial charge in [-0.3, -0.25) is 9.78 Å². The molecule has 1 saturated heterocycles. The van der Waals surface area contributed by atoms with Crippen LogP contribution in [-0.4, -0.2) is 46.8 Å². The molecule has 36 heavy (non-hydrogen) atoms. The van der Waals surface area contributed by atoms with E-state index in [0.717, 1.165) is 35.5 Å². The Bertz CT molecular complexity index is 1610. The summed E-state index contributed by atoms with van der Waals surface area (Å²) >= 11 is 6.10. The van der Waals surface area contributed by atoms with Gasteiger partial charge in [-0.15, -0.1) is 0 Å². The molecule has 2 aromatic carbocycles. The van der Waals surface area contributed by atoms with E-state index in [1.807, 2.05) is 12.1 Å². The fourth-order valence-electron chi connectivity index (χ4n) is 5.07. The molecular weight excluding hydrogens is 490 g/mol. The van der Waals surface area contributed by atoms with E-state index < -0.39 is 28.6 Å². The van der Waals surface area contributed by atoms with Gasteiger partial charge in [-0.05, 0) is 43.2 Å². The summed E-state index contributed by atoms with van der Waals surface area (Å²) in [6, 6.07) is 8.30. The van der Waals surface area contributed by atoms with Crippen LogP contribution < -0.4 is 15.2 Å². The monoisotopic (exact) mass is 510 g/mol. The number of aromatic carboxylic acids is 1. The number of halogens is 3. The number of carbonyl (C=O) groups is 1. The Morgan fingerprint density at radius 3 is 2.44 bits per heavy atom. The van der Waals surface area contributed by atoms with Gasteiger partial charge in [0.25, 0.3) is 0 Å². The first-order chi connectivity index (χ1) is 17.3. The van der Waals surface area contributed by atoms with Crippen LogP contribution in [0.15, 0.2) is 47.5 Å². The van der Waals surface area contributed by atoms with E-state index in [9.17, 15) is 14.7 Å². The van der Waals surface area contributed by atoms with E-state index in [0.29, 0.717) is 31.2 Å². The SMILES string of the molecule is O=C(O)c1cn(C2CC2)c2c(F)c(N3CCN(c4ccnc5cc(Cl)ccc45)CC3)c(F)cc2c1=O. The van der Waals surface area contributed by atoms with Crippen LogP contribution >= 0.6 is 11.6 Å². The van der Waals surface area contributed by atoms with Crippen LogP contribution in [0.2, 0.25) is 5.02 Å². The van der Waals surface area contributed by atoms with Crippen molar-refractivity contribution in [3.05, 3.63) is 75.2 Å². The average molecular weight is 511 g/mol. The van der Waals surface area contributed by atoms with Crippen LogP contribution in [0.5, 0.6) is 0 Å². The molecule has 4 aromatic rings. The second-order valence-electron chi connectivity index (χ2n) is 9.20. The molecule has 0 amide bonds. The van der Waals surface area contributed by atoms with Gasteiger partial charge in [0, 0.05) is 60.7 Å². The summed E-state index contributed by atoms with van der Waals surface area (Å²) in [5.74, 6) is -3.12. The number of fused-ring (bicyclic) bond motifs is 2. The number of hydrogen-bond acceptors (Lipinski definition) is 5. The summed E-state index contributed by atoms with van der Waals surface area (Å²) < 4.78 is 32.7. The maximum Gasteiger partial charge on any atom is 0.341 e. The van der Waals surface area contributed by atoms with Crippen molar-refractivity contribution in [2.75, 3.05) is 36.0 Å². The molecule has 1 N–H and O–H groups in total. The van der Waals surface area contributed by atoms with Crippen molar-refractivity contribution in [3.8, 4) is 0 Å². The maximum atomic E-state index is 15.9. The highest BCUT2D eigenvalue weighted by molar-refractivity contribution is 6.31. The summed E-state index contributed by atoms with van der Waals surface area (Å²) in [7, 11) is 0. The van der Waals surface area contributed by atoms with Crippen molar-refractivity contribution < 1.29 is 18.7 Å². The molecule has 2 aromatic heterocycles. The number of piperazine rings is 1. The minimum Gasteiger partial charge on any atom is -0.477 e. The minimum atomic E-state index is -1.41. The summed E-state index contributed by atoms with van der Waals surface area (Å²) in [6.07, 6.45) is 4.39. The van der Waals surface area contributed by atoms with Crippen LogP contribution in [0.1, 0.15) is 29.2 Å². The lowest BCUT2D eigenvalue weighted by Gasteiger charge is -2.38. The Morgan fingerprint density at radius 1 is 1.03 bits per heavy atom. The Morgan fingerprint density at radius 2 is 1.75 bits per heavy atom. The zero-order valence-corrected chi connectivity index (χ0v) is 19.8. The van der Waals surface area contributed by atoms with E-state index in [4.69, 9.17) is 11.6 Å². The molecule has 0 atom stereocenters. The van der Waals surface area contributed by atoms with Gasteiger partial charge in [-0.2, -0.15) is 0 Å². The number of rotatable bonds is 4. The predicted octanol–water partition coefficient (Wildman–Crippen LogP) is 4.84.